The van der Waals surface area contributed by atoms with Crippen molar-refractivity contribution in [2.45, 2.75) is 20.4 Å². The maximum Gasteiger partial charge on any atom is 0.226 e. The SMILES string of the molecule is COc1ccc(-c2ccc(CNc3ccc(NC(=O)C(C)C)cc3)o2)cc1Cl. The van der Waals surface area contributed by atoms with Crippen LogP contribution in [0.4, 0.5) is 11.4 Å². The predicted octanol–water partition coefficient (Wildman–Crippen LogP) is 5.82. The first-order chi connectivity index (χ1) is 13.5. The third-order valence-electron chi connectivity index (χ3n) is 4.24. The molecule has 5 nitrogen and oxygen atoms in total. The summed E-state index contributed by atoms with van der Waals surface area (Å²) in [7, 11) is 1.59. The first kappa shape index (κ1) is 19.8. The van der Waals surface area contributed by atoms with Gasteiger partial charge < -0.3 is 19.8 Å². The van der Waals surface area contributed by atoms with Crippen LogP contribution in [0.2, 0.25) is 5.02 Å². The third kappa shape index (κ3) is 4.87. The number of benzene rings is 2. The number of hydrogen-bond donors (Lipinski definition) is 2. The second-order valence-corrected chi connectivity index (χ2v) is 7.10. The van der Waals surface area contributed by atoms with E-state index in [0.29, 0.717) is 17.3 Å². The zero-order chi connectivity index (χ0) is 20.1. The minimum Gasteiger partial charge on any atom is -0.495 e. The Hall–Kier alpha value is -2.92. The molecule has 0 aliphatic heterocycles. The normalized spacial score (nSPS) is 10.8. The lowest BCUT2D eigenvalue weighted by molar-refractivity contribution is -0.118. The Morgan fingerprint density at radius 1 is 1.07 bits per heavy atom. The number of furan rings is 1. The van der Waals surface area contributed by atoms with Gasteiger partial charge in [-0.05, 0) is 54.6 Å². The van der Waals surface area contributed by atoms with Gasteiger partial charge in [0.25, 0.3) is 0 Å². The maximum absolute atomic E-state index is 11.7. The minimum atomic E-state index is -0.0495. The molecule has 2 N–H and O–H groups in total. The van der Waals surface area contributed by atoms with Gasteiger partial charge in [0, 0.05) is 22.9 Å². The lowest BCUT2D eigenvalue weighted by atomic mass is 10.2. The smallest absolute Gasteiger partial charge is 0.226 e. The monoisotopic (exact) mass is 398 g/mol. The van der Waals surface area contributed by atoms with Crippen molar-refractivity contribution in [3.8, 4) is 17.1 Å². The molecule has 0 saturated carbocycles. The van der Waals surface area contributed by atoms with Crippen molar-refractivity contribution in [2.24, 2.45) is 5.92 Å². The van der Waals surface area contributed by atoms with E-state index in [9.17, 15) is 4.79 Å². The number of carbonyl (C=O) groups is 1. The number of methoxy groups -OCH3 is 1. The zero-order valence-electron chi connectivity index (χ0n) is 16.1. The number of ether oxygens (including phenoxy) is 1. The van der Waals surface area contributed by atoms with E-state index in [-0.39, 0.29) is 11.8 Å². The summed E-state index contributed by atoms with van der Waals surface area (Å²) in [6, 6.07) is 17.0. The van der Waals surface area contributed by atoms with Gasteiger partial charge in [-0.2, -0.15) is 0 Å². The summed E-state index contributed by atoms with van der Waals surface area (Å²) < 4.78 is 11.1. The van der Waals surface area contributed by atoms with E-state index in [0.717, 1.165) is 28.5 Å². The molecule has 0 bridgehead atoms. The Kier molecular flexibility index (Phi) is 6.26. The molecule has 0 spiro atoms. The van der Waals surface area contributed by atoms with Crippen LogP contribution >= 0.6 is 11.6 Å². The van der Waals surface area contributed by atoms with E-state index < -0.39 is 0 Å². The van der Waals surface area contributed by atoms with Gasteiger partial charge in [0.15, 0.2) is 0 Å². The summed E-state index contributed by atoms with van der Waals surface area (Å²) in [6.45, 7) is 4.27. The van der Waals surface area contributed by atoms with Gasteiger partial charge in [-0.1, -0.05) is 25.4 Å². The molecule has 6 heteroatoms. The van der Waals surface area contributed by atoms with Crippen LogP contribution in [0, 0.1) is 5.92 Å². The van der Waals surface area contributed by atoms with Crippen molar-refractivity contribution in [2.75, 3.05) is 17.7 Å². The fourth-order valence-corrected chi connectivity index (χ4v) is 2.85. The number of halogens is 1. The summed E-state index contributed by atoms with van der Waals surface area (Å²) in [4.78, 5) is 11.7. The highest BCUT2D eigenvalue weighted by molar-refractivity contribution is 6.32. The Morgan fingerprint density at radius 3 is 2.43 bits per heavy atom. The molecule has 0 radical (unpaired) electrons. The number of nitrogens with one attached hydrogen (secondary N) is 2. The highest BCUT2D eigenvalue weighted by atomic mass is 35.5. The van der Waals surface area contributed by atoms with E-state index in [1.54, 1.807) is 7.11 Å². The number of amides is 1. The molecule has 0 aliphatic carbocycles. The maximum atomic E-state index is 11.7. The van der Waals surface area contributed by atoms with Gasteiger partial charge in [-0.3, -0.25) is 4.79 Å². The topological polar surface area (TPSA) is 63.5 Å². The van der Waals surface area contributed by atoms with Crippen molar-refractivity contribution in [1.29, 1.82) is 0 Å². The molecule has 1 heterocycles. The predicted molar refractivity (Wildman–Crippen MR) is 113 cm³/mol. The fourth-order valence-electron chi connectivity index (χ4n) is 2.59. The molecular weight excluding hydrogens is 376 g/mol. The number of carbonyl (C=O) groups excluding carboxylic acids is 1. The molecule has 0 unspecified atom stereocenters. The van der Waals surface area contributed by atoms with Crippen LogP contribution in [0.25, 0.3) is 11.3 Å². The van der Waals surface area contributed by atoms with Gasteiger partial charge in [-0.25, -0.2) is 0 Å². The van der Waals surface area contributed by atoms with Crippen LogP contribution in [0.15, 0.2) is 59.0 Å². The van der Waals surface area contributed by atoms with E-state index in [2.05, 4.69) is 10.6 Å². The Bertz CT molecular complexity index is 949. The standard InChI is InChI=1S/C22H23ClN2O3/c1-14(2)22(26)25-17-7-5-16(6-8-17)24-13-18-9-11-20(28-18)15-4-10-21(27-3)19(23)12-15/h4-12,14,24H,13H2,1-3H3,(H,25,26). The van der Waals surface area contributed by atoms with Gasteiger partial charge in [0.05, 0.1) is 18.7 Å². The first-order valence-electron chi connectivity index (χ1n) is 9.03. The minimum absolute atomic E-state index is 0.00228. The highest BCUT2D eigenvalue weighted by Gasteiger charge is 2.09. The third-order valence-corrected chi connectivity index (χ3v) is 4.54. The number of rotatable bonds is 7. The number of anilines is 2. The molecule has 1 amide bonds. The molecule has 2 aromatic carbocycles. The lowest BCUT2D eigenvalue weighted by Crippen LogP contribution is -2.17. The van der Waals surface area contributed by atoms with Crippen LogP contribution in [0.1, 0.15) is 19.6 Å². The summed E-state index contributed by atoms with van der Waals surface area (Å²) in [6.07, 6.45) is 0. The molecule has 0 fully saturated rings. The van der Waals surface area contributed by atoms with Crippen molar-refractivity contribution in [3.63, 3.8) is 0 Å². The average molecular weight is 399 g/mol. The Labute approximate surface area is 169 Å². The molecule has 146 valence electrons. The second kappa shape index (κ2) is 8.85. The molecular formula is C22H23ClN2O3. The average Bonchev–Trinajstić information content (AvgIpc) is 3.16. The summed E-state index contributed by atoms with van der Waals surface area (Å²) in [5.74, 6) is 2.13. The quantitative estimate of drug-likeness (QED) is 0.526. The molecule has 3 rings (SSSR count). The van der Waals surface area contributed by atoms with Crippen molar-refractivity contribution < 1.29 is 13.9 Å². The molecule has 0 saturated heterocycles. The molecule has 1 aromatic heterocycles. The van der Waals surface area contributed by atoms with Crippen LogP contribution < -0.4 is 15.4 Å². The van der Waals surface area contributed by atoms with Crippen molar-refractivity contribution in [1.82, 2.24) is 0 Å². The molecule has 0 atom stereocenters. The van der Waals surface area contributed by atoms with Crippen LogP contribution in [0.3, 0.4) is 0 Å². The Morgan fingerprint density at radius 2 is 1.79 bits per heavy atom. The van der Waals surface area contributed by atoms with Crippen LogP contribution in [-0.2, 0) is 11.3 Å². The van der Waals surface area contributed by atoms with E-state index >= 15 is 0 Å². The summed E-state index contributed by atoms with van der Waals surface area (Å²) in [5.41, 5.74) is 2.61. The van der Waals surface area contributed by atoms with E-state index in [1.807, 2.05) is 68.4 Å². The Balaban J connectivity index is 1.60. The van der Waals surface area contributed by atoms with Gasteiger partial charge in [0.2, 0.25) is 5.91 Å². The molecule has 3 aromatic rings. The van der Waals surface area contributed by atoms with Gasteiger partial charge in [-0.15, -0.1) is 0 Å². The second-order valence-electron chi connectivity index (χ2n) is 6.69. The largest absolute Gasteiger partial charge is 0.495 e. The van der Waals surface area contributed by atoms with Crippen LogP contribution in [-0.4, -0.2) is 13.0 Å². The molecule has 28 heavy (non-hydrogen) atoms. The lowest BCUT2D eigenvalue weighted by Gasteiger charge is -2.09. The zero-order valence-corrected chi connectivity index (χ0v) is 16.8. The fraction of sp³-hybridized carbons (Fsp3) is 0.227. The van der Waals surface area contributed by atoms with Crippen molar-refractivity contribution >= 4 is 28.9 Å². The van der Waals surface area contributed by atoms with Crippen molar-refractivity contribution in [3.05, 3.63) is 65.4 Å². The van der Waals surface area contributed by atoms with Gasteiger partial charge in [0.1, 0.15) is 17.3 Å². The molecule has 0 aliphatic rings. The number of hydrogen-bond acceptors (Lipinski definition) is 4. The van der Waals surface area contributed by atoms with Gasteiger partial charge >= 0.3 is 0 Å². The van der Waals surface area contributed by atoms with Crippen LogP contribution in [0.5, 0.6) is 5.75 Å². The van der Waals surface area contributed by atoms with E-state index in [4.69, 9.17) is 20.8 Å². The highest BCUT2D eigenvalue weighted by Crippen LogP contribution is 2.31. The summed E-state index contributed by atoms with van der Waals surface area (Å²) in [5, 5.41) is 6.72. The summed E-state index contributed by atoms with van der Waals surface area (Å²) >= 11 is 6.18. The first-order valence-corrected chi connectivity index (χ1v) is 9.41. The van der Waals surface area contributed by atoms with E-state index in [1.165, 1.54) is 0 Å².